The number of hydrogen-bond acceptors (Lipinski definition) is 6. The van der Waals surface area contributed by atoms with Crippen LogP contribution in [0.4, 0.5) is 19.0 Å². The van der Waals surface area contributed by atoms with Crippen molar-refractivity contribution < 1.29 is 13.2 Å². The SMILES string of the molecule is CCC(c1ncn[nH]1)N1CC[C@@]2(CCn3nc(-c4cnc(N)c(C(F)(F)F)c4)cc32)C1. The van der Waals surface area contributed by atoms with Gasteiger partial charge in [0.1, 0.15) is 18.0 Å². The van der Waals surface area contributed by atoms with E-state index in [1.807, 2.05) is 10.7 Å². The molecule has 1 fully saturated rings. The molecule has 0 bridgehead atoms. The first-order valence-electron chi connectivity index (χ1n) is 10.3. The molecule has 5 rings (SSSR count). The maximum absolute atomic E-state index is 13.3. The van der Waals surface area contributed by atoms with Crippen LogP contribution in [0.15, 0.2) is 24.7 Å². The summed E-state index contributed by atoms with van der Waals surface area (Å²) in [4.78, 5) is 10.5. The number of hydrogen-bond donors (Lipinski definition) is 2. The van der Waals surface area contributed by atoms with Gasteiger partial charge >= 0.3 is 6.18 Å². The van der Waals surface area contributed by atoms with Gasteiger partial charge in [-0.1, -0.05) is 6.92 Å². The molecule has 31 heavy (non-hydrogen) atoms. The van der Waals surface area contributed by atoms with Crippen molar-refractivity contribution in [3.8, 4) is 11.3 Å². The molecule has 0 aliphatic carbocycles. The molecule has 1 unspecified atom stereocenters. The van der Waals surface area contributed by atoms with Crippen molar-refractivity contribution in [2.75, 3.05) is 18.8 Å². The molecule has 3 N–H and O–H groups in total. The van der Waals surface area contributed by atoms with Gasteiger partial charge in [-0.05, 0) is 37.9 Å². The molecule has 2 atom stereocenters. The first-order valence-corrected chi connectivity index (χ1v) is 10.3. The quantitative estimate of drug-likeness (QED) is 0.657. The number of aromatic nitrogens is 6. The molecule has 1 spiro atoms. The predicted molar refractivity (Wildman–Crippen MR) is 107 cm³/mol. The number of nitrogens with one attached hydrogen (secondary N) is 1. The number of nitrogens with two attached hydrogens (primary N) is 1. The van der Waals surface area contributed by atoms with Gasteiger partial charge in [0.15, 0.2) is 0 Å². The van der Waals surface area contributed by atoms with Crippen LogP contribution < -0.4 is 5.73 Å². The van der Waals surface area contributed by atoms with Gasteiger partial charge in [-0.2, -0.15) is 23.4 Å². The average Bonchev–Trinajstić information content (AvgIpc) is 3.50. The van der Waals surface area contributed by atoms with Gasteiger partial charge in [-0.15, -0.1) is 0 Å². The third-order valence-corrected chi connectivity index (χ3v) is 6.61. The number of aryl methyl sites for hydroxylation is 1. The average molecular weight is 432 g/mol. The second kappa shape index (κ2) is 7.04. The van der Waals surface area contributed by atoms with E-state index >= 15 is 0 Å². The summed E-state index contributed by atoms with van der Waals surface area (Å²) in [5, 5.41) is 11.6. The highest BCUT2D eigenvalue weighted by molar-refractivity contribution is 5.63. The lowest BCUT2D eigenvalue weighted by atomic mass is 9.82. The summed E-state index contributed by atoms with van der Waals surface area (Å²) in [6, 6.07) is 3.11. The third-order valence-electron chi connectivity index (χ3n) is 6.61. The Morgan fingerprint density at radius 1 is 1.23 bits per heavy atom. The van der Waals surface area contributed by atoms with Gasteiger partial charge in [-0.3, -0.25) is 14.7 Å². The highest BCUT2D eigenvalue weighted by atomic mass is 19.4. The standard InChI is InChI=1S/C20H23F3N8/c1-2-15(18-26-11-27-28-18)30-5-3-19(10-30)4-6-31-16(19)8-14(29-31)12-7-13(20(21,22)23)17(24)25-9-12/h7-9,11,15H,2-6,10H2,1H3,(H2,24,25)(H,26,27,28)/t15?,19-/m1/s1. The summed E-state index contributed by atoms with van der Waals surface area (Å²) in [6.45, 7) is 4.64. The molecule has 2 aliphatic heterocycles. The van der Waals surface area contributed by atoms with Crippen LogP contribution in [0, 0.1) is 0 Å². The Labute approximate surface area is 176 Å². The summed E-state index contributed by atoms with van der Waals surface area (Å²) < 4.78 is 41.7. The van der Waals surface area contributed by atoms with Crippen molar-refractivity contribution in [1.82, 2.24) is 34.8 Å². The van der Waals surface area contributed by atoms with E-state index in [1.54, 1.807) is 0 Å². The van der Waals surface area contributed by atoms with Crippen molar-refractivity contribution in [1.29, 1.82) is 0 Å². The van der Waals surface area contributed by atoms with Crippen molar-refractivity contribution in [3.63, 3.8) is 0 Å². The van der Waals surface area contributed by atoms with E-state index in [1.165, 1.54) is 12.5 Å². The largest absolute Gasteiger partial charge is 0.419 e. The molecule has 8 nitrogen and oxygen atoms in total. The van der Waals surface area contributed by atoms with Crippen LogP contribution in [0.1, 0.15) is 49.3 Å². The van der Waals surface area contributed by atoms with E-state index in [-0.39, 0.29) is 11.5 Å². The molecule has 0 radical (unpaired) electrons. The van der Waals surface area contributed by atoms with Crippen molar-refractivity contribution >= 4 is 5.82 Å². The molecule has 0 saturated carbocycles. The normalized spacial score (nSPS) is 22.3. The minimum atomic E-state index is -4.56. The summed E-state index contributed by atoms with van der Waals surface area (Å²) >= 11 is 0. The number of halogens is 3. The van der Waals surface area contributed by atoms with Gasteiger partial charge in [0, 0.05) is 36.0 Å². The molecule has 0 aromatic carbocycles. The van der Waals surface area contributed by atoms with E-state index < -0.39 is 17.6 Å². The second-order valence-corrected chi connectivity index (χ2v) is 8.34. The Kier molecular flexibility index (Phi) is 4.54. The van der Waals surface area contributed by atoms with Crippen LogP contribution in [0.3, 0.4) is 0 Å². The number of fused-ring (bicyclic) bond motifs is 2. The van der Waals surface area contributed by atoms with Crippen LogP contribution in [-0.4, -0.2) is 47.9 Å². The fraction of sp³-hybridized carbons (Fsp3) is 0.500. The number of alkyl halides is 3. The zero-order valence-corrected chi connectivity index (χ0v) is 17.0. The van der Waals surface area contributed by atoms with Crippen LogP contribution in [0.25, 0.3) is 11.3 Å². The second-order valence-electron chi connectivity index (χ2n) is 8.34. The minimum absolute atomic E-state index is 0.0627. The highest BCUT2D eigenvalue weighted by Crippen LogP contribution is 2.46. The zero-order chi connectivity index (χ0) is 21.8. The van der Waals surface area contributed by atoms with Crippen LogP contribution in [0.5, 0.6) is 0 Å². The maximum Gasteiger partial charge on any atom is 0.419 e. The van der Waals surface area contributed by atoms with Crippen LogP contribution in [-0.2, 0) is 18.1 Å². The van der Waals surface area contributed by atoms with Crippen LogP contribution >= 0.6 is 0 Å². The van der Waals surface area contributed by atoms with Gasteiger partial charge in [0.05, 0.1) is 17.3 Å². The topological polar surface area (TPSA) is 102 Å². The Hall–Kier alpha value is -2.95. The van der Waals surface area contributed by atoms with Gasteiger partial charge < -0.3 is 5.73 Å². The Bertz CT molecular complexity index is 1090. The van der Waals surface area contributed by atoms with E-state index in [0.717, 1.165) is 56.5 Å². The van der Waals surface area contributed by atoms with Gasteiger partial charge in [0.25, 0.3) is 0 Å². The van der Waals surface area contributed by atoms with Crippen LogP contribution in [0.2, 0.25) is 0 Å². The highest BCUT2D eigenvalue weighted by Gasteiger charge is 2.47. The number of nitrogens with zero attached hydrogens (tertiary/aromatic N) is 6. The Morgan fingerprint density at radius 3 is 2.74 bits per heavy atom. The predicted octanol–water partition coefficient (Wildman–Crippen LogP) is 3.16. The number of aromatic amines is 1. The Morgan fingerprint density at radius 2 is 2.03 bits per heavy atom. The summed E-state index contributed by atoms with van der Waals surface area (Å²) in [7, 11) is 0. The Balaban J connectivity index is 1.44. The number of nitrogen functional groups attached to an aromatic ring is 1. The molecule has 3 aromatic heterocycles. The number of likely N-dealkylation sites (tertiary alicyclic amines) is 1. The number of rotatable bonds is 4. The molecule has 3 aromatic rings. The first kappa shape index (κ1) is 20.0. The fourth-order valence-corrected chi connectivity index (χ4v) is 5.03. The lowest BCUT2D eigenvalue weighted by Crippen LogP contribution is -2.32. The van der Waals surface area contributed by atoms with E-state index in [0.29, 0.717) is 11.3 Å². The molecule has 11 heteroatoms. The van der Waals surface area contributed by atoms with Gasteiger partial charge in [-0.25, -0.2) is 9.97 Å². The summed E-state index contributed by atoms with van der Waals surface area (Å²) in [5.41, 5.74) is 6.33. The monoisotopic (exact) mass is 432 g/mol. The minimum Gasteiger partial charge on any atom is -0.383 e. The molecule has 5 heterocycles. The number of H-pyrrole nitrogens is 1. The molecule has 164 valence electrons. The molecule has 0 amide bonds. The molecule has 1 saturated heterocycles. The maximum atomic E-state index is 13.3. The zero-order valence-electron chi connectivity index (χ0n) is 17.0. The van der Waals surface area contributed by atoms with Crippen molar-refractivity contribution in [2.24, 2.45) is 0 Å². The number of pyridine rings is 1. The third kappa shape index (κ3) is 3.27. The number of anilines is 1. The lowest BCUT2D eigenvalue weighted by molar-refractivity contribution is -0.137. The van der Waals surface area contributed by atoms with E-state index in [4.69, 9.17) is 5.73 Å². The lowest BCUT2D eigenvalue weighted by Gasteiger charge is -2.28. The summed E-state index contributed by atoms with van der Waals surface area (Å²) in [6.07, 6.45) is 1.17. The van der Waals surface area contributed by atoms with Crippen molar-refractivity contribution in [2.45, 2.75) is 50.4 Å². The van der Waals surface area contributed by atoms with Gasteiger partial charge in [0.2, 0.25) is 0 Å². The molecular formula is C20H23F3N8. The fourth-order valence-electron chi connectivity index (χ4n) is 5.03. The first-order chi connectivity index (χ1) is 14.8. The smallest absolute Gasteiger partial charge is 0.383 e. The van der Waals surface area contributed by atoms with E-state index in [2.05, 4.69) is 37.1 Å². The van der Waals surface area contributed by atoms with E-state index in [9.17, 15) is 13.2 Å². The van der Waals surface area contributed by atoms with Crippen molar-refractivity contribution in [3.05, 3.63) is 41.7 Å². The molecule has 2 aliphatic rings. The molecular weight excluding hydrogens is 409 g/mol. The summed E-state index contributed by atoms with van der Waals surface area (Å²) in [5.74, 6) is 0.336.